The molecule has 1 aliphatic heterocycles. The molecule has 1 aliphatic rings. The van der Waals surface area contributed by atoms with Crippen LogP contribution in [0, 0.1) is 0 Å². The average molecular weight is 409 g/mol. The van der Waals surface area contributed by atoms with Gasteiger partial charge < -0.3 is 14.4 Å². The van der Waals surface area contributed by atoms with E-state index in [1.54, 1.807) is 25.7 Å². The van der Waals surface area contributed by atoms with Gasteiger partial charge in [0.05, 0.1) is 25.4 Å². The number of carbonyl (C=O) groups is 1. The highest BCUT2D eigenvalue weighted by molar-refractivity contribution is 7.12. The highest BCUT2D eigenvalue weighted by Gasteiger charge is 2.29. The lowest BCUT2D eigenvalue weighted by molar-refractivity contribution is 0.0685. The third-order valence-corrected chi connectivity index (χ3v) is 5.67. The Hall–Kier alpha value is -3.60. The van der Waals surface area contributed by atoms with Gasteiger partial charge in [0.25, 0.3) is 0 Å². The van der Waals surface area contributed by atoms with Gasteiger partial charge in [-0.15, -0.1) is 20.4 Å². The van der Waals surface area contributed by atoms with Gasteiger partial charge in [-0.2, -0.15) is 4.80 Å². The molecule has 3 aromatic heterocycles. The summed E-state index contributed by atoms with van der Waals surface area (Å²) in [6.07, 6.45) is 0.678. The largest absolute Gasteiger partial charge is 0.496 e. The minimum absolute atomic E-state index is 0.228. The highest BCUT2D eigenvalue weighted by Crippen LogP contribution is 2.44. The van der Waals surface area contributed by atoms with E-state index < -0.39 is 5.97 Å². The molecule has 4 heterocycles. The third kappa shape index (κ3) is 2.70. The van der Waals surface area contributed by atoms with Crippen LogP contribution in [0.5, 0.6) is 5.75 Å². The van der Waals surface area contributed by atoms with Gasteiger partial charge in [0.15, 0.2) is 0 Å². The second-order valence-electron chi connectivity index (χ2n) is 6.55. The normalized spacial score (nSPS) is 12.5. The van der Waals surface area contributed by atoms with Crippen molar-refractivity contribution in [3.63, 3.8) is 0 Å². The van der Waals surface area contributed by atoms with Gasteiger partial charge >= 0.3 is 5.97 Å². The molecule has 0 saturated carbocycles. The standard InChI is InChI=1S/C18H15N7O3S/c1-24-22-16(20-23-24)11-6-10-9(5-14(11)28-2)3-4-25-13(18(26)27)7-12(15(10)25)17-21-19-8-29-17/h5-8H,3-4H2,1-2H3,(H,26,27). The summed E-state index contributed by atoms with van der Waals surface area (Å²) >= 11 is 1.37. The minimum Gasteiger partial charge on any atom is -0.496 e. The van der Waals surface area contributed by atoms with Gasteiger partial charge in [-0.25, -0.2) is 4.79 Å². The maximum absolute atomic E-state index is 11.9. The highest BCUT2D eigenvalue weighted by atomic mass is 32.1. The number of hydrogen-bond donors (Lipinski definition) is 1. The van der Waals surface area contributed by atoms with Crippen LogP contribution in [0.1, 0.15) is 16.1 Å². The fourth-order valence-electron chi connectivity index (χ4n) is 3.72. The zero-order chi connectivity index (χ0) is 20.1. The maximum atomic E-state index is 11.9. The summed E-state index contributed by atoms with van der Waals surface area (Å²) in [6, 6.07) is 5.56. The molecule has 0 atom stereocenters. The molecule has 10 nitrogen and oxygen atoms in total. The molecule has 0 spiro atoms. The number of carboxylic acids is 1. The van der Waals surface area contributed by atoms with Crippen LogP contribution in [0.4, 0.5) is 0 Å². The number of carboxylic acid groups (broad SMARTS) is 1. The number of aryl methyl sites for hydroxylation is 2. The van der Waals surface area contributed by atoms with E-state index in [1.165, 1.54) is 16.1 Å². The number of nitrogens with zero attached hydrogens (tertiary/aromatic N) is 7. The Morgan fingerprint density at radius 2 is 2.07 bits per heavy atom. The van der Waals surface area contributed by atoms with E-state index in [1.807, 2.05) is 16.7 Å². The van der Waals surface area contributed by atoms with E-state index >= 15 is 0 Å². The second-order valence-corrected chi connectivity index (χ2v) is 7.39. The number of aromatic nitrogens is 7. The second kappa shape index (κ2) is 6.48. The zero-order valence-corrected chi connectivity index (χ0v) is 16.3. The van der Waals surface area contributed by atoms with Crippen LogP contribution in [0.25, 0.3) is 33.2 Å². The van der Waals surface area contributed by atoms with E-state index in [2.05, 4.69) is 25.6 Å². The first-order valence-corrected chi connectivity index (χ1v) is 9.63. The first kappa shape index (κ1) is 17.5. The lowest BCUT2D eigenvalue weighted by Crippen LogP contribution is -2.16. The SMILES string of the molecule is COc1cc2c(cc1-c1nnn(C)n1)-c1c(-c3nncs3)cc(C(=O)O)n1CC2. The van der Waals surface area contributed by atoms with E-state index in [0.717, 1.165) is 22.4 Å². The smallest absolute Gasteiger partial charge is 0.352 e. The zero-order valence-electron chi connectivity index (χ0n) is 15.5. The van der Waals surface area contributed by atoms with Crippen molar-refractivity contribution in [2.24, 2.45) is 7.05 Å². The summed E-state index contributed by atoms with van der Waals surface area (Å²) < 4.78 is 7.39. The molecule has 0 amide bonds. The van der Waals surface area contributed by atoms with Gasteiger partial charge in [-0.1, -0.05) is 11.3 Å². The summed E-state index contributed by atoms with van der Waals surface area (Å²) in [6.45, 7) is 0.550. The Morgan fingerprint density at radius 1 is 1.21 bits per heavy atom. The Bertz CT molecular complexity index is 1240. The van der Waals surface area contributed by atoms with Crippen LogP contribution in [-0.2, 0) is 20.0 Å². The van der Waals surface area contributed by atoms with Crippen LogP contribution in [0.2, 0.25) is 0 Å². The Morgan fingerprint density at radius 3 is 2.72 bits per heavy atom. The van der Waals surface area contributed by atoms with Gasteiger partial charge in [0.2, 0.25) is 5.82 Å². The molecular weight excluding hydrogens is 394 g/mol. The maximum Gasteiger partial charge on any atom is 0.352 e. The summed E-state index contributed by atoms with van der Waals surface area (Å²) in [5.41, 5.74) is 6.05. The number of benzene rings is 1. The molecule has 0 radical (unpaired) electrons. The van der Waals surface area contributed by atoms with Crippen molar-refractivity contribution in [3.8, 4) is 39.0 Å². The molecule has 0 bridgehead atoms. The average Bonchev–Trinajstić information content (AvgIpc) is 3.45. The summed E-state index contributed by atoms with van der Waals surface area (Å²) in [5.74, 6) is 0.106. The quantitative estimate of drug-likeness (QED) is 0.544. The van der Waals surface area contributed by atoms with Crippen LogP contribution in [0.15, 0.2) is 23.7 Å². The van der Waals surface area contributed by atoms with Crippen LogP contribution < -0.4 is 4.74 Å². The number of methoxy groups -OCH3 is 1. The topological polar surface area (TPSA) is 121 Å². The van der Waals surface area contributed by atoms with E-state index in [9.17, 15) is 9.90 Å². The van der Waals surface area contributed by atoms with Gasteiger partial charge in [-0.05, 0) is 35.4 Å². The Labute approximate surface area is 168 Å². The number of ether oxygens (including phenoxy) is 1. The fourth-order valence-corrected chi connectivity index (χ4v) is 4.29. The molecule has 0 aliphatic carbocycles. The lowest BCUT2D eigenvalue weighted by atomic mass is 9.93. The Balaban J connectivity index is 1.80. The van der Waals surface area contributed by atoms with E-state index in [4.69, 9.17) is 4.74 Å². The van der Waals surface area contributed by atoms with Gasteiger partial charge in [0, 0.05) is 17.7 Å². The van der Waals surface area contributed by atoms with Crippen LogP contribution in [0.3, 0.4) is 0 Å². The van der Waals surface area contributed by atoms with Crippen LogP contribution >= 0.6 is 11.3 Å². The molecule has 0 unspecified atom stereocenters. The number of fused-ring (bicyclic) bond motifs is 3. The van der Waals surface area contributed by atoms with Crippen molar-refractivity contribution in [3.05, 3.63) is 35.0 Å². The van der Waals surface area contributed by atoms with Crippen molar-refractivity contribution >= 4 is 17.3 Å². The molecule has 5 rings (SSSR count). The molecule has 1 N–H and O–H groups in total. The third-order valence-electron chi connectivity index (χ3n) is 4.94. The van der Waals surface area contributed by atoms with Crippen molar-refractivity contribution in [2.45, 2.75) is 13.0 Å². The van der Waals surface area contributed by atoms with Crippen molar-refractivity contribution in [1.29, 1.82) is 0 Å². The van der Waals surface area contributed by atoms with E-state index in [-0.39, 0.29) is 5.69 Å². The number of hydrogen-bond acceptors (Lipinski definition) is 8. The van der Waals surface area contributed by atoms with Crippen molar-refractivity contribution in [2.75, 3.05) is 7.11 Å². The summed E-state index contributed by atoms with van der Waals surface area (Å²) in [5, 5.41) is 30.8. The molecule has 1 aromatic carbocycles. The summed E-state index contributed by atoms with van der Waals surface area (Å²) in [4.78, 5) is 13.2. The number of rotatable bonds is 4. The lowest BCUT2D eigenvalue weighted by Gasteiger charge is -2.23. The predicted octanol–water partition coefficient (Wildman–Crippen LogP) is 2.13. The monoisotopic (exact) mass is 409 g/mol. The van der Waals surface area contributed by atoms with Crippen molar-refractivity contribution < 1.29 is 14.6 Å². The summed E-state index contributed by atoms with van der Waals surface area (Å²) in [7, 11) is 3.29. The predicted molar refractivity (Wildman–Crippen MR) is 104 cm³/mol. The molecule has 0 saturated heterocycles. The molecule has 0 fully saturated rings. The molecule has 4 aromatic rings. The van der Waals surface area contributed by atoms with Gasteiger partial charge in [0.1, 0.15) is 22.0 Å². The van der Waals surface area contributed by atoms with Gasteiger partial charge in [-0.3, -0.25) is 0 Å². The first-order valence-electron chi connectivity index (χ1n) is 8.76. The van der Waals surface area contributed by atoms with E-state index in [0.29, 0.717) is 35.1 Å². The molecule has 146 valence electrons. The number of aromatic carboxylic acids is 1. The van der Waals surface area contributed by atoms with Crippen molar-refractivity contribution in [1.82, 2.24) is 35.0 Å². The van der Waals surface area contributed by atoms with Crippen LogP contribution in [-0.4, -0.2) is 53.2 Å². The molecule has 11 heteroatoms. The first-order chi connectivity index (χ1) is 14.1. The Kier molecular flexibility index (Phi) is 3.91. The fraction of sp³-hybridized carbons (Fsp3) is 0.222. The minimum atomic E-state index is -0.977. The number of tetrazole rings is 1. The molecular formula is C18H15N7O3S. The molecule has 29 heavy (non-hydrogen) atoms.